The van der Waals surface area contributed by atoms with Gasteiger partial charge in [0.05, 0.1) is 6.01 Å². The predicted octanol–water partition coefficient (Wildman–Crippen LogP) is 2.62. The Labute approximate surface area is 66.9 Å². The fraction of sp³-hybridized carbons (Fsp3) is 0.222. The van der Waals surface area contributed by atoms with Crippen molar-refractivity contribution in [1.29, 1.82) is 10.8 Å². The molecule has 0 heterocycles. The van der Waals surface area contributed by atoms with Crippen LogP contribution >= 0.6 is 0 Å². The van der Waals surface area contributed by atoms with Gasteiger partial charge in [-0.15, -0.1) is 0 Å². The molecule has 0 amide bonds. The minimum absolute atomic E-state index is 1.25. The van der Waals surface area contributed by atoms with Crippen LogP contribution in [-0.4, -0.2) is 6.01 Å². The summed E-state index contributed by atoms with van der Waals surface area (Å²) in [7, 11) is 0. The van der Waals surface area contributed by atoms with E-state index in [1.54, 1.807) is 0 Å². The molecular formula is C9H12N2. The van der Waals surface area contributed by atoms with Crippen molar-refractivity contribution >= 4 is 6.01 Å². The minimum Gasteiger partial charge on any atom is -0.242 e. The lowest BCUT2D eigenvalue weighted by molar-refractivity contribution is 1.39. The van der Waals surface area contributed by atoms with E-state index >= 15 is 0 Å². The van der Waals surface area contributed by atoms with E-state index in [2.05, 4.69) is 38.1 Å². The molecule has 0 saturated carbocycles. The summed E-state index contributed by atoms with van der Waals surface area (Å²) in [6.07, 6.45) is 0. The van der Waals surface area contributed by atoms with Gasteiger partial charge in [-0.1, -0.05) is 35.4 Å². The summed E-state index contributed by atoms with van der Waals surface area (Å²) < 4.78 is 0. The molecule has 0 saturated heterocycles. The Bertz CT molecular complexity index is 230. The van der Waals surface area contributed by atoms with Gasteiger partial charge in [0.2, 0.25) is 0 Å². The van der Waals surface area contributed by atoms with Crippen LogP contribution < -0.4 is 0 Å². The zero-order valence-electron chi connectivity index (χ0n) is 6.81. The van der Waals surface area contributed by atoms with Gasteiger partial charge in [0.25, 0.3) is 0 Å². The summed E-state index contributed by atoms with van der Waals surface area (Å²) in [6.45, 7) is 4.21. The summed E-state index contributed by atoms with van der Waals surface area (Å²) in [6, 6.07) is 9.70. The predicted molar refractivity (Wildman–Crippen MR) is 46.4 cm³/mol. The van der Waals surface area contributed by atoms with E-state index < -0.39 is 0 Å². The van der Waals surface area contributed by atoms with Crippen molar-refractivity contribution in [1.82, 2.24) is 0 Å². The van der Waals surface area contributed by atoms with Crippen LogP contribution in [0.5, 0.6) is 0 Å². The number of aryl methyl sites for hydroxylation is 2. The molecule has 0 aliphatic rings. The zero-order chi connectivity index (χ0) is 8.69. The Morgan fingerprint density at radius 1 is 1.09 bits per heavy atom. The normalized spacial score (nSPS) is 7.45. The highest BCUT2D eigenvalue weighted by atomic mass is 14.4. The molecule has 0 radical (unpaired) electrons. The number of hydrogen-bond acceptors (Lipinski definition) is 2. The van der Waals surface area contributed by atoms with E-state index in [1.165, 1.54) is 17.1 Å². The lowest BCUT2D eigenvalue weighted by Crippen LogP contribution is -1.71. The van der Waals surface area contributed by atoms with Crippen molar-refractivity contribution in [3.8, 4) is 0 Å². The highest BCUT2D eigenvalue weighted by Crippen LogP contribution is 2.00. The Kier molecular flexibility index (Phi) is 4.70. The Morgan fingerprint density at radius 2 is 1.45 bits per heavy atom. The maximum Gasteiger partial charge on any atom is 0.0831 e. The van der Waals surface area contributed by atoms with Gasteiger partial charge < -0.3 is 0 Å². The molecule has 2 heteroatoms. The van der Waals surface area contributed by atoms with E-state index in [0.29, 0.717) is 0 Å². The van der Waals surface area contributed by atoms with Gasteiger partial charge in [0, 0.05) is 0 Å². The third-order valence-corrected chi connectivity index (χ3v) is 1.17. The third-order valence-electron chi connectivity index (χ3n) is 1.17. The van der Waals surface area contributed by atoms with Crippen molar-refractivity contribution in [3.63, 3.8) is 0 Å². The van der Waals surface area contributed by atoms with E-state index in [0.717, 1.165) is 0 Å². The van der Waals surface area contributed by atoms with Gasteiger partial charge in [-0.05, 0) is 13.8 Å². The van der Waals surface area contributed by atoms with Gasteiger partial charge in [-0.3, -0.25) is 0 Å². The molecule has 2 N–H and O–H groups in total. The number of hydrogen-bond donors (Lipinski definition) is 2. The topological polar surface area (TPSA) is 47.7 Å². The summed E-state index contributed by atoms with van der Waals surface area (Å²) in [5, 5.41) is 11.2. The first-order valence-corrected chi connectivity index (χ1v) is 3.32. The van der Waals surface area contributed by atoms with Crippen LogP contribution in [0.3, 0.4) is 0 Å². The fourth-order valence-corrected chi connectivity index (χ4v) is 0.807. The lowest BCUT2D eigenvalue weighted by atomic mass is 10.2. The molecule has 58 valence electrons. The smallest absolute Gasteiger partial charge is 0.0831 e. The number of rotatable bonds is 0. The molecule has 0 aliphatic carbocycles. The maximum atomic E-state index is 5.62. The summed E-state index contributed by atoms with van der Waals surface area (Å²) in [5.41, 5.74) is 2.68. The van der Waals surface area contributed by atoms with Gasteiger partial charge in [0.15, 0.2) is 0 Å². The second kappa shape index (κ2) is 5.39. The van der Waals surface area contributed by atoms with Crippen LogP contribution in [0.2, 0.25) is 0 Å². The first-order chi connectivity index (χ1) is 5.20. The molecule has 1 aromatic carbocycles. The van der Waals surface area contributed by atoms with Gasteiger partial charge in [0.1, 0.15) is 0 Å². The zero-order valence-corrected chi connectivity index (χ0v) is 6.81. The van der Waals surface area contributed by atoms with Gasteiger partial charge >= 0.3 is 0 Å². The van der Waals surface area contributed by atoms with E-state index in [9.17, 15) is 0 Å². The second-order valence-electron chi connectivity index (χ2n) is 2.28. The summed E-state index contributed by atoms with van der Waals surface area (Å²) in [4.78, 5) is 0. The van der Waals surface area contributed by atoms with Gasteiger partial charge in [-0.25, -0.2) is 10.8 Å². The van der Waals surface area contributed by atoms with Crippen molar-refractivity contribution < 1.29 is 0 Å². The average Bonchev–Trinajstić information content (AvgIpc) is 1.88. The first-order valence-electron chi connectivity index (χ1n) is 3.32. The summed E-state index contributed by atoms with van der Waals surface area (Å²) in [5.74, 6) is 0. The number of nitrogens with one attached hydrogen (secondary N) is 2. The standard InChI is InChI=1S/C8H10.CH2N2/c1-7-4-3-5-8(2)6-7;2-1-3/h3-6H,1-2H3;2-3H. The van der Waals surface area contributed by atoms with Crippen molar-refractivity contribution in [2.75, 3.05) is 0 Å². The molecule has 1 aromatic rings. The molecule has 1 rings (SSSR count). The van der Waals surface area contributed by atoms with Crippen molar-refractivity contribution in [3.05, 3.63) is 35.4 Å². The molecule has 0 spiro atoms. The molecular weight excluding hydrogens is 136 g/mol. The van der Waals surface area contributed by atoms with Crippen LogP contribution in [0.4, 0.5) is 0 Å². The van der Waals surface area contributed by atoms with Crippen LogP contribution in [0.1, 0.15) is 11.1 Å². The Hall–Kier alpha value is -1.40. The van der Waals surface area contributed by atoms with Gasteiger partial charge in [-0.2, -0.15) is 0 Å². The van der Waals surface area contributed by atoms with Crippen LogP contribution in [-0.2, 0) is 0 Å². The fourth-order valence-electron chi connectivity index (χ4n) is 0.807. The Morgan fingerprint density at radius 3 is 1.64 bits per heavy atom. The molecule has 2 nitrogen and oxygen atoms in total. The lowest BCUT2D eigenvalue weighted by Gasteiger charge is -1.90. The number of benzene rings is 1. The van der Waals surface area contributed by atoms with Crippen LogP contribution in [0.25, 0.3) is 0 Å². The first kappa shape index (κ1) is 9.60. The molecule has 0 aliphatic heterocycles. The molecule has 0 unspecified atom stereocenters. The van der Waals surface area contributed by atoms with E-state index in [-0.39, 0.29) is 0 Å². The molecule has 0 atom stereocenters. The Balaban J connectivity index is 0.000000292. The molecule has 11 heavy (non-hydrogen) atoms. The van der Waals surface area contributed by atoms with E-state index in [4.69, 9.17) is 10.8 Å². The SMILES string of the molecule is Cc1cccc(C)c1.N=C=N. The van der Waals surface area contributed by atoms with Crippen molar-refractivity contribution in [2.24, 2.45) is 0 Å². The van der Waals surface area contributed by atoms with Crippen LogP contribution in [0.15, 0.2) is 24.3 Å². The molecule has 0 bridgehead atoms. The second-order valence-corrected chi connectivity index (χ2v) is 2.28. The molecule has 0 aromatic heterocycles. The maximum absolute atomic E-state index is 5.62. The largest absolute Gasteiger partial charge is 0.242 e. The van der Waals surface area contributed by atoms with E-state index in [1.807, 2.05) is 0 Å². The highest BCUT2D eigenvalue weighted by molar-refractivity contribution is 5.29. The van der Waals surface area contributed by atoms with Crippen molar-refractivity contribution in [2.45, 2.75) is 13.8 Å². The summed E-state index contributed by atoms with van der Waals surface area (Å²) >= 11 is 0. The quantitative estimate of drug-likeness (QED) is 0.531. The monoisotopic (exact) mass is 148 g/mol. The average molecular weight is 148 g/mol. The molecule has 0 fully saturated rings. The van der Waals surface area contributed by atoms with Crippen LogP contribution in [0, 0.1) is 24.7 Å². The minimum atomic E-state index is 1.25. The third kappa shape index (κ3) is 5.07. The highest BCUT2D eigenvalue weighted by Gasteiger charge is 1.80.